The van der Waals surface area contributed by atoms with Gasteiger partial charge in [-0.05, 0) is 57.8 Å². The molecule has 1 aromatic carbocycles. The first-order chi connectivity index (χ1) is 11.9. The molecule has 138 valence electrons. The predicted molar refractivity (Wildman–Crippen MR) is 98.0 cm³/mol. The Morgan fingerprint density at radius 2 is 1.72 bits per heavy atom. The fourth-order valence-electron chi connectivity index (χ4n) is 2.94. The first-order valence-corrected chi connectivity index (χ1v) is 9.05. The van der Waals surface area contributed by atoms with Gasteiger partial charge in [0, 0.05) is 0 Å². The fraction of sp³-hybridized carbons (Fsp3) is 0.579. The SMILES string of the molecule is CCC(O)(CC)C(=O)NN(C(=O)CN1CCCC1)c1ccc(C)cc1. The maximum Gasteiger partial charge on any atom is 0.270 e. The second-order valence-corrected chi connectivity index (χ2v) is 6.73. The third kappa shape index (κ3) is 4.80. The summed E-state index contributed by atoms with van der Waals surface area (Å²) in [5, 5.41) is 11.7. The van der Waals surface area contributed by atoms with Crippen molar-refractivity contribution in [2.24, 2.45) is 0 Å². The number of likely N-dealkylation sites (tertiary alicyclic amines) is 1. The average molecular weight is 347 g/mol. The van der Waals surface area contributed by atoms with Crippen LogP contribution >= 0.6 is 0 Å². The molecule has 0 atom stereocenters. The highest BCUT2D eigenvalue weighted by Gasteiger charge is 2.34. The molecule has 0 aromatic heterocycles. The smallest absolute Gasteiger partial charge is 0.270 e. The van der Waals surface area contributed by atoms with E-state index in [1.54, 1.807) is 26.0 Å². The molecule has 1 saturated heterocycles. The van der Waals surface area contributed by atoms with E-state index in [1.165, 1.54) is 5.01 Å². The fourth-order valence-corrected chi connectivity index (χ4v) is 2.94. The molecular formula is C19H29N3O3. The van der Waals surface area contributed by atoms with Crippen LogP contribution < -0.4 is 10.4 Å². The van der Waals surface area contributed by atoms with Crippen LogP contribution in [-0.4, -0.2) is 47.1 Å². The second kappa shape index (κ2) is 8.45. The van der Waals surface area contributed by atoms with Crippen LogP contribution in [0.2, 0.25) is 0 Å². The monoisotopic (exact) mass is 347 g/mol. The standard InChI is InChI=1S/C19H29N3O3/c1-4-19(25,5-2)18(24)20-22(16-10-8-15(3)9-11-16)17(23)14-21-12-6-7-13-21/h8-11,25H,4-7,12-14H2,1-3H3,(H,20,24). The molecule has 1 heterocycles. The van der Waals surface area contributed by atoms with Crippen molar-refractivity contribution in [2.45, 2.75) is 52.1 Å². The van der Waals surface area contributed by atoms with Gasteiger partial charge in [-0.2, -0.15) is 0 Å². The zero-order valence-corrected chi connectivity index (χ0v) is 15.4. The van der Waals surface area contributed by atoms with E-state index in [9.17, 15) is 14.7 Å². The van der Waals surface area contributed by atoms with Crippen LogP contribution in [0.25, 0.3) is 0 Å². The molecule has 0 bridgehead atoms. The van der Waals surface area contributed by atoms with E-state index < -0.39 is 11.5 Å². The van der Waals surface area contributed by atoms with Crippen molar-refractivity contribution in [1.82, 2.24) is 10.3 Å². The minimum atomic E-state index is -1.48. The highest BCUT2D eigenvalue weighted by molar-refractivity contribution is 5.99. The Hall–Kier alpha value is -1.92. The van der Waals surface area contributed by atoms with E-state index in [2.05, 4.69) is 10.3 Å². The molecule has 0 spiro atoms. The third-order valence-electron chi connectivity index (χ3n) is 4.90. The topological polar surface area (TPSA) is 72.9 Å². The average Bonchev–Trinajstić information content (AvgIpc) is 3.12. The Kier molecular flexibility index (Phi) is 6.56. The number of benzene rings is 1. The van der Waals surface area contributed by atoms with Gasteiger partial charge in [-0.15, -0.1) is 0 Å². The molecule has 0 saturated carbocycles. The summed E-state index contributed by atoms with van der Waals surface area (Å²) in [6.07, 6.45) is 2.76. The Morgan fingerprint density at radius 3 is 2.24 bits per heavy atom. The van der Waals surface area contributed by atoms with E-state index in [0.29, 0.717) is 5.69 Å². The summed E-state index contributed by atoms with van der Waals surface area (Å²) in [5.74, 6) is -0.749. The Bertz CT molecular complexity index is 590. The highest BCUT2D eigenvalue weighted by atomic mass is 16.3. The van der Waals surface area contributed by atoms with Gasteiger partial charge in [0.25, 0.3) is 11.8 Å². The lowest BCUT2D eigenvalue weighted by Crippen LogP contribution is -2.56. The number of carbonyl (C=O) groups is 2. The Balaban J connectivity index is 2.20. The number of carbonyl (C=O) groups excluding carboxylic acids is 2. The molecule has 2 amide bonds. The first-order valence-electron chi connectivity index (χ1n) is 9.05. The van der Waals surface area contributed by atoms with Crippen molar-refractivity contribution in [1.29, 1.82) is 0 Å². The normalized spacial score (nSPS) is 15.2. The first kappa shape index (κ1) is 19.4. The molecule has 1 fully saturated rings. The summed E-state index contributed by atoms with van der Waals surface area (Å²) < 4.78 is 0. The largest absolute Gasteiger partial charge is 0.380 e. The molecule has 6 nitrogen and oxygen atoms in total. The summed E-state index contributed by atoms with van der Waals surface area (Å²) >= 11 is 0. The number of hydrogen-bond donors (Lipinski definition) is 2. The molecule has 0 aliphatic carbocycles. The van der Waals surface area contributed by atoms with Gasteiger partial charge in [-0.1, -0.05) is 31.5 Å². The lowest BCUT2D eigenvalue weighted by atomic mass is 9.97. The van der Waals surface area contributed by atoms with Crippen LogP contribution in [0.15, 0.2) is 24.3 Å². The minimum Gasteiger partial charge on any atom is -0.380 e. The molecular weight excluding hydrogens is 318 g/mol. The van der Waals surface area contributed by atoms with Crippen LogP contribution in [0.4, 0.5) is 5.69 Å². The predicted octanol–water partition coefficient (Wildman–Crippen LogP) is 2.01. The molecule has 2 N–H and O–H groups in total. The molecule has 1 aliphatic heterocycles. The number of hydrazine groups is 1. The van der Waals surface area contributed by atoms with E-state index in [4.69, 9.17) is 0 Å². The zero-order chi connectivity index (χ0) is 18.4. The van der Waals surface area contributed by atoms with Crippen LogP contribution in [-0.2, 0) is 9.59 Å². The lowest BCUT2D eigenvalue weighted by Gasteiger charge is -2.30. The van der Waals surface area contributed by atoms with Gasteiger partial charge >= 0.3 is 0 Å². The van der Waals surface area contributed by atoms with E-state index in [0.717, 1.165) is 31.5 Å². The van der Waals surface area contributed by atoms with Crippen molar-refractivity contribution in [3.8, 4) is 0 Å². The Morgan fingerprint density at radius 1 is 1.16 bits per heavy atom. The summed E-state index contributed by atoms with van der Waals surface area (Å²) in [5.41, 5.74) is 2.83. The maximum atomic E-state index is 12.8. The Labute approximate surface area is 149 Å². The molecule has 6 heteroatoms. The zero-order valence-electron chi connectivity index (χ0n) is 15.4. The molecule has 0 unspecified atom stereocenters. The van der Waals surface area contributed by atoms with Gasteiger partial charge in [0.2, 0.25) is 0 Å². The molecule has 25 heavy (non-hydrogen) atoms. The molecule has 1 aliphatic rings. The number of nitrogens with one attached hydrogen (secondary N) is 1. The lowest BCUT2D eigenvalue weighted by molar-refractivity contribution is -0.142. The van der Waals surface area contributed by atoms with Crippen molar-refractivity contribution in [3.05, 3.63) is 29.8 Å². The van der Waals surface area contributed by atoms with Gasteiger partial charge < -0.3 is 5.11 Å². The van der Waals surface area contributed by atoms with E-state index in [-0.39, 0.29) is 25.3 Å². The highest BCUT2D eigenvalue weighted by Crippen LogP contribution is 2.19. The minimum absolute atomic E-state index is 0.200. The van der Waals surface area contributed by atoms with Crippen LogP contribution in [0, 0.1) is 6.92 Å². The van der Waals surface area contributed by atoms with Crippen molar-refractivity contribution in [3.63, 3.8) is 0 Å². The summed E-state index contributed by atoms with van der Waals surface area (Å²) in [6.45, 7) is 7.53. The van der Waals surface area contributed by atoms with Gasteiger partial charge in [-0.25, -0.2) is 5.01 Å². The quantitative estimate of drug-likeness (QED) is 0.772. The molecule has 2 rings (SSSR count). The van der Waals surface area contributed by atoms with Crippen molar-refractivity contribution in [2.75, 3.05) is 24.6 Å². The van der Waals surface area contributed by atoms with Crippen LogP contribution in [0.1, 0.15) is 45.1 Å². The number of amides is 2. The van der Waals surface area contributed by atoms with Crippen molar-refractivity contribution >= 4 is 17.5 Å². The number of aliphatic hydroxyl groups is 1. The van der Waals surface area contributed by atoms with Gasteiger partial charge in [0.05, 0.1) is 12.2 Å². The van der Waals surface area contributed by atoms with Gasteiger partial charge in [0.1, 0.15) is 5.60 Å². The number of nitrogens with zero attached hydrogens (tertiary/aromatic N) is 2. The van der Waals surface area contributed by atoms with E-state index >= 15 is 0 Å². The summed E-state index contributed by atoms with van der Waals surface area (Å²) in [4.78, 5) is 27.4. The number of aryl methyl sites for hydroxylation is 1. The number of anilines is 1. The number of rotatable bonds is 6. The second-order valence-electron chi connectivity index (χ2n) is 6.73. The summed E-state index contributed by atoms with van der Waals surface area (Å²) in [6, 6.07) is 7.38. The van der Waals surface area contributed by atoms with E-state index in [1.807, 2.05) is 19.1 Å². The summed E-state index contributed by atoms with van der Waals surface area (Å²) in [7, 11) is 0. The van der Waals surface area contributed by atoms with Gasteiger partial charge in [-0.3, -0.25) is 19.9 Å². The number of hydrogen-bond acceptors (Lipinski definition) is 4. The van der Waals surface area contributed by atoms with Crippen LogP contribution in [0.5, 0.6) is 0 Å². The maximum absolute atomic E-state index is 12.8. The van der Waals surface area contributed by atoms with Crippen molar-refractivity contribution < 1.29 is 14.7 Å². The third-order valence-corrected chi connectivity index (χ3v) is 4.90. The van der Waals surface area contributed by atoms with Gasteiger partial charge in [0.15, 0.2) is 0 Å². The molecule has 0 radical (unpaired) electrons. The molecule has 1 aromatic rings. The van der Waals surface area contributed by atoms with Crippen LogP contribution in [0.3, 0.4) is 0 Å².